The molecule has 0 saturated carbocycles. The molecule has 28 heavy (non-hydrogen) atoms. The third-order valence-electron chi connectivity index (χ3n) is 5.51. The highest BCUT2D eigenvalue weighted by Crippen LogP contribution is 2.44. The summed E-state index contributed by atoms with van der Waals surface area (Å²) in [4.78, 5) is 36.2. The molecule has 1 amide bonds. The Morgan fingerprint density at radius 1 is 0.929 bits per heavy atom. The predicted octanol–water partition coefficient (Wildman–Crippen LogP) is 2.80. The second-order valence-electron chi connectivity index (χ2n) is 7.08. The molecule has 1 saturated heterocycles. The maximum atomic E-state index is 12.6. The summed E-state index contributed by atoms with van der Waals surface area (Å²) in [5, 5.41) is 18.5. The van der Waals surface area contributed by atoms with Crippen LogP contribution in [-0.2, 0) is 14.3 Å². The molecule has 1 aliphatic carbocycles. The number of aliphatic carboxylic acids is 2. The first-order chi connectivity index (χ1) is 13.5. The van der Waals surface area contributed by atoms with E-state index in [0.29, 0.717) is 0 Å². The van der Waals surface area contributed by atoms with Gasteiger partial charge in [-0.2, -0.15) is 0 Å². The molecule has 0 spiro atoms. The second kappa shape index (κ2) is 6.99. The maximum Gasteiger partial charge on any atom is 0.410 e. The Bertz CT molecular complexity index is 910. The van der Waals surface area contributed by atoms with Crippen LogP contribution >= 0.6 is 0 Å². The van der Waals surface area contributed by atoms with Crippen LogP contribution in [0.1, 0.15) is 23.5 Å². The highest BCUT2D eigenvalue weighted by atomic mass is 16.6. The Balaban J connectivity index is 1.52. The van der Waals surface area contributed by atoms with Crippen molar-refractivity contribution in [3.05, 3.63) is 59.7 Å². The topological polar surface area (TPSA) is 104 Å². The zero-order valence-corrected chi connectivity index (χ0v) is 14.9. The third kappa shape index (κ3) is 2.98. The number of hydrogen-bond acceptors (Lipinski definition) is 4. The average Bonchev–Trinajstić information content (AvgIpc) is 3.27. The highest BCUT2D eigenvalue weighted by Gasteiger charge is 2.43. The molecule has 2 aromatic carbocycles. The van der Waals surface area contributed by atoms with Gasteiger partial charge >= 0.3 is 18.0 Å². The Hall–Kier alpha value is -3.35. The number of hydrogen-bond donors (Lipinski definition) is 2. The first-order valence-electron chi connectivity index (χ1n) is 9.04. The highest BCUT2D eigenvalue weighted by molar-refractivity contribution is 5.84. The van der Waals surface area contributed by atoms with E-state index in [4.69, 9.17) is 9.84 Å². The average molecular weight is 381 g/mol. The fourth-order valence-electron chi connectivity index (χ4n) is 4.13. The molecule has 7 nitrogen and oxygen atoms in total. The standard InChI is InChI=1S/C21H19NO6/c23-19(24)12-9-18(20(25)26)22(10-12)21(27)28-11-17-15-7-3-1-5-13(15)14-6-2-4-8-16(14)17/h1-8,12,17-18H,9-11H2,(H,23,24)(H,25,26)/t12-,18-/m0/s1. The number of likely N-dealkylation sites (tertiary alicyclic amines) is 1. The van der Waals surface area contributed by atoms with Crippen LogP contribution in [0.5, 0.6) is 0 Å². The summed E-state index contributed by atoms with van der Waals surface area (Å²) in [5.74, 6) is -3.38. The van der Waals surface area contributed by atoms with Crippen molar-refractivity contribution in [2.45, 2.75) is 18.4 Å². The smallest absolute Gasteiger partial charge is 0.410 e. The van der Waals surface area contributed by atoms with E-state index < -0.39 is 30.0 Å². The first-order valence-corrected chi connectivity index (χ1v) is 9.04. The van der Waals surface area contributed by atoms with Crippen molar-refractivity contribution in [2.75, 3.05) is 13.2 Å². The number of amides is 1. The van der Waals surface area contributed by atoms with E-state index in [1.54, 1.807) is 0 Å². The Kier molecular flexibility index (Phi) is 4.50. The number of carboxylic acid groups (broad SMARTS) is 2. The monoisotopic (exact) mass is 381 g/mol. The fourth-order valence-corrected chi connectivity index (χ4v) is 4.13. The SMILES string of the molecule is O=C(O)[C@H]1C[C@@H](C(=O)O)N(C(=O)OCC2c3ccccc3-c3ccccc32)C1. The van der Waals surface area contributed by atoms with Gasteiger partial charge in [-0.25, -0.2) is 9.59 Å². The van der Waals surface area contributed by atoms with Gasteiger partial charge in [0.05, 0.1) is 5.92 Å². The van der Waals surface area contributed by atoms with E-state index in [-0.39, 0.29) is 25.5 Å². The number of ether oxygens (including phenoxy) is 1. The van der Waals surface area contributed by atoms with Crippen LogP contribution in [0, 0.1) is 5.92 Å². The van der Waals surface area contributed by atoms with Crippen molar-refractivity contribution >= 4 is 18.0 Å². The van der Waals surface area contributed by atoms with Crippen LogP contribution in [0.2, 0.25) is 0 Å². The Morgan fingerprint density at radius 3 is 2.04 bits per heavy atom. The van der Waals surface area contributed by atoms with Crippen molar-refractivity contribution in [3.63, 3.8) is 0 Å². The van der Waals surface area contributed by atoms with Crippen molar-refractivity contribution in [1.29, 1.82) is 0 Å². The maximum absolute atomic E-state index is 12.6. The van der Waals surface area contributed by atoms with Gasteiger partial charge in [0.2, 0.25) is 0 Å². The number of carbonyl (C=O) groups excluding carboxylic acids is 1. The molecule has 2 N–H and O–H groups in total. The third-order valence-corrected chi connectivity index (χ3v) is 5.51. The summed E-state index contributed by atoms with van der Waals surface area (Å²) in [6.07, 6.45) is -0.910. The molecule has 144 valence electrons. The lowest BCUT2D eigenvalue weighted by Gasteiger charge is -2.22. The number of rotatable bonds is 4. The van der Waals surface area contributed by atoms with Gasteiger partial charge in [0.25, 0.3) is 0 Å². The van der Waals surface area contributed by atoms with Crippen molar-refractivity contribution in [3.8, 4) is 11.1 Å². The fraction of sp³-hybridized carbons (Fsp3) is 0.286. The number of nitrogens with zero attached hydrogens (tertiary/aromatic N) is 1. The molecule has 0 unspecified atom stereocenters. The molecule has 1 heterocycles. The summed E-state index contributed by atoms with van der Waals surface area (Å²) in [6.45, 7) is -0.101. The summed E-state index contributed by atoms with van der Waals surface area (Å²) in [5.41, 5.74) is 4.29. The molecule has 0 bridgehead atoms. The zero-order chi connectivity index (χ0) is 19.8. The molecule has 4 rings (SSSR count). The molecular weight excluding hydrogens is 362 g/mol. The molecule has 1 fully saturated rings. The van der Waals surface area contributed by atoms with E-state index in [1.165, 1.54) is 0 Å². The Morgan fingerprint density at radius 2 is 1.50 bits per heavy atom. The van der Waals surface area contributed by atoms with Crippen LogP contribution in [0.4, 0.5) is 4.79 Å². The largest absolute Gasteiger partial charge is 0.481 e. The van der Waals surface area contributed by atoms with E-state index in [1.807, 2.05) is 48.5 Å². The number of carbonyl (C=O) groups is 3. The van der Waals surface area contributed by atoms with Gasteiger partial charge in [0.15, 0.2) is 0 Å². The van der Waals surface area contributed by atoms with Gasteiger partial charge in [-0.3, -0.25) is 9.69 Å². The lowest BCUT2D eigenvalue weighted by atomic mass is 9.98. The molecule has 7 heteroatoms. The minimum Gasteiger partial charge on any atom is -0.481 e. The molecule has 2 aliphatic rings. The molecule has 0 radical (unpaired) electrons. The van der Waals surface area contributed by atoms with Gasteiger partial charge in [-0.05, 0) is 28.7 Å². The van der Waals surface area contributed by atoms with Gasteiger partial charge in [-0.15, -0.1) is 0 Å². The summed E-state index contributed by atoms with van der Waals surface area (Å²) in [6, 6.07) is 14.6. The first kappa shape index (κ1) is 18.0. The van der Waals surface area contributed by atoms with Crippen molar-refractivity contribution in [2.24, 2.45) is 5.92 Å². The zero-order valence-electron chi connectivity index (χ0n) is 14.9. The van der Waals surface area contributed by atoms with Crippen LogP contribution < -0.4 is 0 Å². The number of fused-ring (bicyclic) bond motifs is 3. The molecular formula is C21H19NO6. The van der Waals surface area contributed by atoms with E-state index >= 15 is 0 Å². The quantitative estimate of drug-likeness (QED) is 0.844. The van der Waals surface area contributed by atoms with Crippen LogP contribution in [-0.4, -0.2) is 52.3 Å². The van der Waals surface area contributed by atoms with Gasteiger partial charge in [0, 0.05) is 12.5 Å². The summed E-state index contributed by atoms with van der Waals surface area (Å²) < 4.78 is 5.46. The minimum absolute atomic E-state index is 0.0629. The van der Waals surface area contributed by atoms with E-state index in [9.17, 15) is 19.5 Å². The lowest BCUT2D eigenvalue weighted by molar-refractivity contribution is -0.141. The number of benzene rings is 2. The van der Waals surface area contributed by atoms with Gasteiger partial charge < -0.3 is 14.9 Å². The molecule has 0 aromatic heterocycles. The lowest BCUT2D eigenvalue weighted by Crippen LogP contribution is -2.41. The van der Waals surface area contributed by atoms with E-state index in [2.05, 4.69) is 0 Å². The van der Waals surface area contributed by atoms with Crippen LogP contribution in [0.15, 0.2) is 48.5 Å². The van der Waals surface area contributed by atoms with Crippen molar-refractivity contribution < 1.29 is 29.3 Å². The second-order valence-corrected chi connectivity index (χ2v) is 7.08. The Labute approximate surface area is 161 Å². The summed E-state index contributed by atoms with van der Waals surface area (Å²) in [7, 11) is 0. The summed E-state index contributed by atoms with van der Waals surface area (Å²) >= 11 is 0. The normalized spacial score (nSPS) is 20.5. The van der Waals surface area contributed by atoms with Gasteiger partial charge in [-0.1, -0.05) is 48.5 Å². The predicted molar refractivity (Wildman–Crippen MR) is 98.9 cm³/mol. The minimum atomic E-state index is -1.22. The van der Waals surface area contributed by atoms with E-state index in [0.717, 1.165) is 27.2 Å². The molecule has 2 atom stereocenters. The van der Waals surface area contributed by atoms with Crippen LogP contribution in [0.3, 0.4) is 0 Å². The van der Waals surface area contributed by atoms with Gasteiger partial charge in [0.1, 0.15) is 12.6 Å². The molecule has 2 aromatic rings. The van der Waals surface area contributed by atoms with Crippen molar-refractivity contribution in [1.82, 2.24) is 4.90 Å². The van der Waals surface area contributed by atoms with Crippen LogP contribution in [0.25, 0.3) is 11.1 Å². The molecule has 1 aliphatic heterocycles. The number of carboxylic acids is 2.